The van der Waals surface area contributed by atoms with Gasteiger partial charge in [-0.05, 0) is 50.8 Å². The molecule has 0 aliphatic rings. The van der Waals surface area contributed by atoms with Gasteiger partial charge in [0.25, 0.3) is 0 Å². The third kappa shape index (κ3) is 5.86. The average molecular weight is 490 g/mol. The van der Waals surface area contributed by atoms with Crippen molar-refractivity contribution in [2.24, 2.45) is 0 Å². The number of benzene rings is 1. The summed E-state index contributed by atoms with van der Waals surface area (Å²) >= 11 is 0. The van der Waals surface area contributed by atoms with E-state index in [2.05, 4.69) is 16.8 Å². The Hall–Kier alpha value is -2.69. The van der Waals surface area contributed by atoms with Crippen LogP contribution in [0.4, 0.5) is 0 Å². The zero-order valence-corrected chi connectivity index (χ0v) is 21.4. The highest BCUT2D eigenvalue weighted by Gasteiger charge is 2.21. The number of aryl methyl sites for hydroxylation is 2. The molecule has 34 heavy (non-hydrogen) atoms. The maximum absolute atomic E-state index is 12.6. The van der Waals surface area contributed by atoms with Crippen LogP contribution in [-0.2, 0) is 27.8 Å². The second-order valence-electron chi connectivity index (χ2n) is 8.77. The minimum Gasteiger partial charge on any atom is -0.468 e. The first-order chi connectivity index (χ1) is 16.1. The zero-order chi connectivity index (χ0) is 24.9. The number of hydrogen-bond donors (Lipinski definition) is 1. The van der Waals surface area contributed by atoms with Gasteiger partial charge in [-0.3, -0.25) is 9.69 Å². The number of imidazole rings is 1. The highest BCUT2D eigenvalue weighted by molar-refractivity contribution is 7.89. The van der Waals surface area contributed by atoms with Crippen LogP contribution in [0.5, 0.6) is 0 Å². The summed E-state index contributed by atoms with van der Waals surface area (Å²) in [6.07, 6.45) is 4.37. The Morgan fingerprint density at radius 3 is 2.59 bits per heavy atom. The molecule has 0 saturated carbocycles. The number of rotatable bonds is 12. The Balaban J connectivity index is 1.75. The number of carbonyl (C=O) groups excluding carboxylic acids is 1. The topological polar surface area (TPSA) is 101 Å². The summed E-state index contributed by atoms with van der Waals surface area (Å²) < 4.78 is 33.9. The molecule has 1 atom stereocenters. The van der Waals surface area contributed by atoms with Gasteiger partial charge in [-0.15, -0.1) is 0 Å². The number of unbranched alkanes of at least 4 members (excludes halogenated alkanes) is 1. The molecular weight excluding hydrogens is 454 g/mol. The van der Waals surface area contributed by atoms with Crippen LogP contribution in [0.3, 0.4) is 0 Å². The minimum atomic E-state index is -3.55. The van der Waals surface area contributed by atoms with E-state index >= 15 is 0 Å². The number of carbonyl (C=O) groups is 1. The van der Waals surface area contributed by atoms with Crippen molar-refractivity contribution in [3.05, 3.63) is 48.2 Å². The van der Waals surface area contributed by atoms with Crippen LogP contribution >= 0.6 is 0 Å². The number of sulfonamides is 1. The lowest BCUT2D eigenvalue weighted by atomic mass is 10.2. The van der Waals surface area contributed by atoms with E-state index in [-0.39, 0.29) is 23.3 Å². The van der Waals surface area contributed by atoms with E-state index < -0.39 is 10.0 Å². The molecule has 186 valence electrons. The van der Waals surface area contributed by atoms with Gasteiger partial charge in [0.1, 0.15) is 11.6 Å². The smallest absolute Gasteiger partial charge is 0.242 e. The number of nitrogens with zero attached hydrogens (tertiary/aromatic N) is 4. The van der Waals surface area contributed by atoms with Gasteiger partial charge in [-0.2, -0.15) is 0 Å². The second-order valence-corrected chi connectivity index (χ2v) is 10.9. The lowest BCUT2D eigenvalue weighted by molar-refractivity contribution is -0.121. The van der Waals surface area contributed by atoms with Crippen molar-refractivity contribution in [1.29, 1.82) is 0 Å². The molecule has 0 saturated heterocycles. The monoisotopic (exact) mass is 489 g/mol. The van der Waals surface area contributed by atoms with Gasteiger partial charge in [-0.1, -0.05) is 13.3 Å². The van der Waals surface area contributed by atoms with E-state index in [4.69, 9.17) is 9.40 Å². The normalized spacial score (nSPS) is 13.1. The van der Waals surface area contributed by atoms with Crippen molar-refractivity contribution in [2.75, 3.05) is 34.7 Å². The van der Waals surface area contributed by atoms with Crippen LogP contribution in [0.2, 0.25) is 0 Å². The maximum atomic E-state index is 12.6. The van der Waals surface area contributed by atoms with Crippen molar-refractivity contribution >= 4 is 27.0 Å². The van der Waals surface area contributed by atoms with E-state index in [1.165, 1.54) is 18.4 Å². The highest BCUT2D eigenvalue weighted by atomic mass is 32.2. The van der Waals surface area contributed by atoms with Crippen LogP contribution in [0, 0.1) is 0 Å². The second kappa shape index (κ2) is 11.2. The van der Waals surface area contributed by atoms with Gasteiger partial charge in [0.05, 0.1) is 28.2 Å². The molecule has 2 aromatic heterocycles. The molecule has 0 radical (unpaired) electrons. The molecular formula is C24H35N5O4S. The molecule has 1 N–H and O–H groups in total. The SMILES string of the molecule is CCCCn1c(CCC(=O)NCC(c2ccco2)N(C)C)nc2cc(S(=O)(=O)N(C)C)ccc21. The molecule has 0 aliphatic carbocycles. The Bertz CT molecular complexity index is 1200. The van der Waals surface area contributed by atoms with Gasteiger partial charge < -0.3 is 14.3 Å². The third-order valence-corrected chi connectivity index (χ3v) is 7.69. The van der Waals surface area contributed by atoms with Crippen LogP contribution < -0.4 is 5.32 Å². The quantitative estimate of drug-likeness (QED) is 0.420. The molecule has 1 unspecified atom stereocenters. The predicted molar refractivity (Wildman–Crippen MR) is 132 cm³/mol. The lowest BCUT2D eigenvalue weighted by Crippen LogP contribution is -2.34. The molecule has 3 rings (SSSR count). The summed E-state index contributed by atoms with van der Waals surface area (Å²) in [5.74, 6) is 1.52. The van der Waals surface area contributed by atoms with Crippen LogP contribution in [0.1, 0.15) is 43.8 Å². The Labute approximate surface area is 201 Å². The summed E-state index contributed by atoms with van der Waals surface area (Å²) in [5, 5.41) is 3.00. The predicted octanol–water partition coefficient (Wildman–Crippen LogP) is 3.03. The van der Waals surface area contributed by atoms with Crippen LogP contribution in [0.25, 0.3) is 11.0 Å². The Kier molecular flexibility index (Phi) is 8.51. The molecule has 0 aliphatic heterocycles. The summed E-state index contributed by atoms with van der Waals surface area (Å²) in [6, 6.07) is 8.73. The van der Waals surface area contributed by atoms with Gasteiger partial charge in [-0.25, -0.2) is 17.7 Å². The first-order valence-corrected chi connectivity index (χ1v) is 13.0. The van der Waals surface area contributed by atoms with Gasteiger partial charge >= 0.3 is 0 Å². The molecule has 3 aromatic rings. The largest absolute Gasteiger partial charge is 0.468 e. The molecule has 0 bridgehead atoms. The fourth-order valence-corrected chi connectivity index (χ4v) is 4.75. The van der Waals surface area contributed by atoms with E-state index in [0.29, 0.717) is 18.5 Å². The molecule has 10 heteroatoms. The van der Waals surface area contributed by atoms with Crippen LogP contribution in [0.15, 0.2) is 45.9 Å². The number of aromatic nitrogens is 2. The lowest BCUT2D eigenvalue weighted by Gasteiger charge is -2.22. The highest BCUT2D eigenvalue weighted by Crippen LogP contribution is 2.23. The van der Waals surface area contributed by atoms with Crippen LogP contribution in [-0.4, -0.2) is 67.8 Å². The van der Waals surface area contributed by atoms with E-state index in [1.54, 1.807) is 18.4 Å². The Morgan fingerprint density at radius 1 is 1.21 bits per heavy atom. The number of furan rings is 1. The number of hydrogen-bond acceptors (Lipinski definition) is 6. The van der Waals surface area contributed by atoms with Crippen molar-refractivity contribution in [3.63, 3.8) is 0 Å². The first-order valence-electron chi connectivity index (χ1n) is 11.5. The standard InChI is InChI=1S/C24H35N5O4S/c1-6-7-14-29-20-11-10-18(34(31,32)28(4)5)16-19(20)26-23(29)12-13-24(30)25-17-21(27(2)3)22-9-8-15-33-22/h8-11,15-16,21H,6-7,12-14,17H2,1-5H3,(H,25,30). The van der Waals surface area contributed by atoms with Crippen molar-refractivity contribution in [1.82, 2.24) is 24.1 Å². The van der Waals surface area contributed by atoms with Gasteiger partial charge in [0.15, 0.2) is 0 Å². The average Bonchev–Trinajstić information content (AvgIpc) is 3.43. The van der Waals surface area contributed by atoms with Crippen molar-refractivity contribution in [3.8, 4) is 0 Å². The molecule has 0 spiro atoms. The third-order valence-electron chi connectivity index (χ3n) is 5.88. The molecule has 9 nitrogen and oxygen atoms in total. The summed E-state index contributed by atoms with van der Waals surface area (Å²) in [6.45, 7) is 3.33. The van der Waals surface area contributed by atoms with E-state index in [0.717, 1.165) is 36.5 Å². The van der Waals surface area contributed by atoms with Crippen molar-refractivity contribution in [2.45, 2.75) is 50.1 Å². The molecule has 2 heterocycles. The zero-order valence-electron chi connectivity index (χ0n) is 20.6. The summed E-state index contributed by atoms with van der Waals surface area (Å²) in [4.78, 5) is 19.6. The molecule has 1 amide bonds. The van der Waals surface area contributed by atoms with Crippen molar-refractivity contribution < 1.29 is 17.6 Å². The first kappa shape index (κ1) is 25.9. The minimum absolute atomic E-state index is 0.0508. The fraction of sp³-hybridized carbons (Fsp3) is 0.500. The molecule has 0 fully saturated rings. The molecule has 1 aromatic carbocycles. The fourth-order valence-electron chi connectivity index (χ4n) is 3.83. The van der Waals surface area contributed by atoms with E-state index in [9.17, 15) is 13.2 Å². The summed E-state index contributed by atoms with van der Waals surface area (Å²) in [7, 11) is 3.36. The maximum Gasteiger partial charge on any atom is 0.242 e. The number of nitrogens with one attached hydrogen (secondary N) is 1. The van der Waals surface area contributed by atoms with E-state index in [1.807, 2.05) is 37.2 Å². The Morgan fingerprint density at radius 2 is 1.97 bits per heavy atom. The summed E-state index contributed by atoms with van der Waals surface area (Å²) in [5.41, 5.74) is 1.51. The number of fused-ring (bicyclic) bond motifs is 1. The van der Waals surface area contributed by atoms with Gasteiger partial charge in [0, 0.05) is 40.0 Å². The number of amides is 1. The van der Waals surface area contributed by atoms with Gasteiger partial charge in [0.2, 0.25) is 15.9 Å². The number of likely N-dealkylation sites (N-methyl/N-ethyl adjacent to an activating group) is 1.